The molecular weight excluding hydrogens is 256 g/mol. The summed E-state index contributed by atoms with van der Waals surface area (Å²) >= 11 is 0. The van der Waals surface area contributed by atoms with Gasteiger partial charge in [0.1, 0.15) is 0 Å². The molecule has 104 valence electrons. The summed E-state index contributed by atoms with van der Waals surface area (Å²) in [5.74, 6) is -2.85. The third-order valence-electron chi connectivity index (χ3n) is 3.36. The van der Waals surface area contributed by atoms with Crippen LogP contribution >= 0.6 is 0 Å². The molecule has 0 unspecified atom stereocenters. The molecular formula is C13H15F2NO3. The minimum Gasteiger partial charge on any atom is -0.394 e. The molecule has 1 aliphatic heterocycles. The zero-order chi connectivity index (χ0) is 14.0. The van der Waals surface area contributed by atoms with Crippen LogP contribution in [0.15, 0.2) is 18.2 Å². The molecule has 0 aromatic heterocycles. The van der Waals surface area contributed by atoms with E-state index >= 15 is 0 Å². The van der Waals surface area contributed by atoms with Crippen LogP contribution < -0.4 is 0 Å². The number of aliphatic hydroxyl groups is 1. The Morgan fingerprint density at radius 2 is 2.26 bits per heavy atom. The molecule has 0 spiro atoms. The Balaban J connectivity index is 2.26. The molecule has 1 fully saturated rings. The molecule has 2 rings (SSSR count). The average Bonchev–Trinajstić information content (AvgIpc) is 2.84. The third-order valence-corrected chi connectivity index (χ3v) is 3.36. The van der Waals surface area contributed by atoms with Crippen LogP contribution in [-0.2, 0) is 4.74 Å². The van der Waals surface area contributed by atoms with E-state index in [0.29, 0.717) is 6.42 Å². The summed E-state index contributed by atoms with van der Waals surface area (Å²) in [7, 11) is 1.51. The van der Waals surface area contributed by atoms with E-state index in [4.69, 9.17) is 4.74 Å². The van der Waals surface area contributed by atoms with Gasteiger partial charge in [0.2, 0.25) is 0 Å². The molecule has 1 heterocycles. The molecule has 1 aromatic carbocycles. The number of carbonyl (C=O) groups is 1. The molecule has 4 nitrogen and oxygen atoms in total. The first-order chi connectivity index (χ1) is 9.08. The van der Waals surface area contributed by atoms with E-state index in [-0.39, 0.29) is 24.8 Å². The van der Waals surface area contributed by atoms with Crippen LogP contribution in [0.5, 0.6) is 0 Å². The van der Waals surface area contributed by atoms with Gasteiger partial charge in [-0.2, -0.15) is 0 Å². The highest BCUT2D eigenvalue weighted by Crippen LogP contribution is 2.23. The average molecular weight is 271 g/mol. The van der Waals surface area contributed by atoms with Crippen LogP contribution in [0.1, 0.15) is 16.8 Å². The van der Waals surface area contributed by atoms with Crippen LogP contribution in [0.4, 0.5) is 8.78 Å². The highest BCUT2D eigenvalue weighted by molar-refractivity contribution is 5.95. The quantitative estimate of drug-likeness (QED) is 0.898. The van der Waals surface area contributed by atoms with Crippen LogP contribution in [0.2, 0.25) is 0 Å². The van der Waals surface area contributed by atoms with Gasteiger partial charge >= 0.3 is 0 Å². The largest absolute Gasteiger partial charge is 0.394 e. The number of hydrogen-bond acceptors (Lipinski definition) is 3. The first-order valence-corrected chi connectivity index (χ1v) is 5.97. The fourth-order valence-electron chi connectivity index (χ4n) is 2.29. The van der Waals surface area contributed by atoms with Gasteiger partial charge in [0, 0.05) is 13.7 Å². The minimum absolute atomic E-state index is 0.197. The summed E-state index contributed by atoms with van der Waals surface area (Å²) in [6.07, 6.45) is 0.285. The van der Waals surface area contributed by atoms with E-state index < -0.39 is 23.6 Å². The van der Waals surface area contributed by atoms with Gasteiger partial charge in [0.15, 0.2) is 11.6 Å². The zero-order valence-electron chi connectivity index (χ0n) is 10.5. The lowest BCUT2D eigenvalue weighted by atomic mass is 10.1. The highest BCUT2D eigenvalue weighted by atomic mass is 19.2. The molecule has 2 atom stereocenters. The van der Waals surface area contributed by atoms with Crippen LogP contribution in [0, 0.1) is 11.6 Å². The Morgan fingerprint density at radius 3 is 2.89 bits per heavy atom. The van der Waals surface area contributed by atoms with Crippen molar-refractivity contribution < 1.29 is 23.4 Å². The standard InChI is InChI=1S/C13H15F2NO3/c1-19-9-5-8(7-17)16(6-9)13(18)10-3-2-4-11(14)12(10)15/h2-4,8-9,17H,5-7H2,1H3/t8-,9+/m0/s1. The Labute approximate surface area is 109 Å². The van der Waals surface area contributed by atoms with E-state index in [1.54, 1.807) is 0 Å². The van der Waals surface area contributed by atoms with Gasteiger partial charge in [0.25, 0.3) is 5.91 Å². The molecule has 0 bridgehead atoms. The lowest BCUT2D eigenvalue weighted by Gasteiger charge is -2.23. The number of ether oxygens (including phenoxy) is 1. The van der Waals surface area contributed by atoms with Crippen molar-refractivity contribution in [3.63, 3.8) is 0 Å². The van der Waals surface area contributed by atoms with Gasteiger partial charge < -0.3 is 14.7 Å². The fraction of sp³-hybridized carbons (Fsp3) is 0.462. The Hall–Kier alpha value is -1.53. The smallest absolute Gasteiger partial charge is 0.257 e. The normalized spacial score (nSPS) is 22.8. The first-order valence-electron chi connectivity index (χ1n) is 5.97. The summed E-state index contributed by atoms with van der Waals surface area (Å²) in [6.45, 7) is 0.0268. The van der Waals surface area contributed by atoms with Crippen LogP contribution in [0.25, 0.3) is 0 Å². The van der Waals surface area contributed by atoms with Gasteiger partial charge in [-0.3, -0.25) is 4.79 Å². The minimum atomic E-state index is -1.16. The van der Waals surface area contributed by atoms with Crippen LogP contribution in [0.3, 0.4) is 0 Å². The second-order valence-corrected chi connectivity index (χ2v) is 4.49. The van der Waals surface area contributed by atoms with Crippen molar-refractivity contribution in [1.29, 1.82) is 0 Å². The molecule has 1 aliphatic rings. The van der Waals surface area contributed by atoms with E-state index in [1.807, 2.05) is 0 Å². The van der Waals surface area contributed by atoms with Crippen LogP contribution in [-0.4, -0.2) is 48.3 Å². The molecule has 1 saturated heterocycles. The lowest BCUT2D eigenvalue weighted by molar-refractivity contribution is 0.0642. The Bertz CT molecular complexity index is 481. The van der Waals surface area contributed by atoms with Crippen molar-refractivity contribution in [2.75, 3.05) is 20.3 Å². The highest BCUT2D eigenvalue weighted by Gasteiger charge is 2.36. The van der Waals surface area contributed by atoms with Crippen molar-refractivity contribution >= 4 is 5.91 Å². The first kappa shape index (κ1) is 13.9. The van der Waals surface area contributed by atoms with Crippen molar-refractivity contribution in [3.05, 3.63) is 35.4 Å². The Morgan fingerprint density at radius 1 is 1.53 bits per heavy atom. The van der Waals surface area contributed by atoms with E-state index in [9.17, 15) is 18.7 Å². The number of nitrogens with zero attached hydrogens (tertiary/aromatic N) is 1. The van der Waals surface area contributed by atoms with Gasteiger partial charge in [0.05, 0.1) is 24.3 Å². The van der Waals surface area contributed by atoms with Gasteiger partial charge in [-0.1, -0.05) is 6.07 Å². The van der Waals surface area contributed by atoms with E-state index in [0.717, 1.165) is 6.07 Å². The SMILES string of the molecule is CO[C@@H]1C[C@@H](CO)N(C(=O)c2cccc(F)c2F)C1. The van der Waals surface area contributed by atoms with Crippen molar-refractivity contribution in [1.82, 2.24) is 4.90 Å². The van der Waals surface area contributed by atoms with Crippen molar-refractivity contribution in [2.24, 2.45) is 0 Å². The van der Waals surface area contributed by atoms with Crippen molar-refractivity contribution in [3.8, 4) is 0 Å². The molecule has 1 N–H and O–H groups in total. The van der Waals surface area contributed by atoms with Crippen molar-refractivity contribution in [2.45, 2.75) is 18.6 Å². The lowest BCUT2D eigenvalue weighted by Crippen LogP contribution is -2.38. The maximum absolute atomic E-state index is 13.6. The molecule has 6 heteroatoms. The fourth-order valence-corrected chi connectivity index (χ4v) is 2.29. The summed E-state index contributed by atoms with van der Waals surface area (Å²) in [6, 6.07) is 3.04. The van der Waals surface area contributed by atoms with Gasteiger partial charge in [-0.15, -0.1) is 0 Å². The number of aliphatic hydroxyl groups excluding tert-OH is 1. The second kappa shape index (κ2) is 5.63. The predicted octanol–water partition coefficient (Wildman–Crippen LogP) is 1.19. The van der Waals surface area contributed by atoms with Gasteiger partial charge in [-0.05, 0) is 18.6 Å². The molecule has 0 saturated carbocycles. The number of benzene rings is 1. The maximum atomic E-state index is 13.6. The number of carbonyl (C=O) groups excluding carboxylic acids is 1. The second-order valence-electron chi connectivity index (χ2n) is 4.49. The number of halogens is 2. The molecule has 0 aliphatic carbocycles. The number of amides is 1. The number of methoxy groups -OCH3 is 1. The molecule has 1 aromatic rings. The number of hydrogen-bond donors (Lipinski definition) is 1. The monoisotopic (exact) mass is 271 g/mol. The summed E-state index contributed by atoms with van der Waals surface area (Å²) in [4.78, 5) is 13.5. The summed E-state index contributed by atoms with van der Waals surface area (Å²) in [5, 5.41) is 9.25. The van der Waals surface area contributed by atoms with E-state index in [1.165, 1.54) is 24.1 Å². The predicted molar refractivity (Wildman–Crippen MR) is 63.7 cm³/mol. The summed E-state index contributed by atoms with van der Waals surface area (Å²) in [5.41, 5.74) is -0.324. The Kier molecular flexibility index (Phi) is 4.11. The third kappa shape index (κ3) is 2.59. The van der Waals surface area contributed by atoms with E-state index in [2.05, 4.69) is 0 Å². The summed E-state index contributed by atoms with van der Waals surface area (Å²) < 4.78 is 31.9. The number of likely N-dealkylation sites (tertiary alicyclic amines) is 1. The topological polar surface area (TPSA) is 49.8 Å². The zero-order valence-corrected chi connectivity index (χ0v) is 10.5. The van der Waals surface area contributed by atoms with Gasteiger partial charge in [-0.25, -0.2) is 8.78 Å². The molecule has 0 radical (unpaired) electrons. The maximum Gasteiger partial charge on any atom is 0.257 e. The molecule has 19 heavy (non-hydrogen) atoms. The number of rotatable bonds is 3. The molecule has 1 amide bonds.